The van der Waals surface area contributed by atoms with Crippen molar-refractivity contribution < 1.29 is 0 Å². The van der Waals surface area contributed by atoms with Gasteiger partial charge in [-0.15, -0.1) is 0 Å². The van der Waals surface area contributed by atoms with Crippen molar-refractivity contribution in [2.75, 3.05) is 13.1 Å². The van der Waals surface area contributed by atoms with E-state index >= 15 is 0 Å². The van der Waals surface area contributed by atoms with E-state index in [1.54, 1.807) is 0 Å². The zero-order valence-electron chi connectivity index (χ0n) is 6.41. The van der Waals surface area contributed by atoms with Crippen molar-refractivity contribution in [2.45, 2.75) is 19.8 Å². The molecule has 0 aromatic heterocycles. The summed E-state index contributed by atoms with van der Waals surface area (Å²) in [5.41, 5.74) is 0.614. The van der Waals surface area contributed by atoms with Gasteiger partial charge in [-0.2, -0.15) is 0 Å². The van der Waals surface area contributed by atoms with E-state index in [1.807, 2.05) is 0 Å². The molecule has 0 aromatic carbocycles. The monoisotopic (exact) mass is 203 g/mol. The molecule has 58 valence electrons. The zero-order chi connectivity index (χ0) is 7.61. The van der Waals surface area contributed by atoms with Crippen LogP contribution in [0.15, 0.2) is 11.1 Å². The quantitative estimate of drug-likeness (QED) is 0.740. The van der Waals surface area contributed by atoms with E-state index in [-0.39, 0.29) is 0 Å². The van der Waals surface area contributed by atoms with Crippen LogP contribution in [0.3, 0.4) is 0 Å². The first-order chi connectivity index (χ1) is 4.62. The molecule has 0 radical (unpaired) electrons. The van der Waals surface area contributed by atoms with E-state index in [9.17, 15) is 0 Å². The van der Waals surface area contributed by atoms with Gasteiger partial charge in [-0.25, -0.2) is 0 Å². The Balaban J connectivity index is 2.00. The maximum absolute atomic E-state index is 3.75. The number of hydrogen-bond donors (Lipinski definition) is 1. The van der Waals surface area contributed by atoms with Crippen molar-refractivity contribution in [2.24, 2.45) is 5.41 Å². The lowest BCUT2D eigenvalue weighted by Gasteiger charge is -2.08. The van der Waals surface area contributed by atoms with Crippen molar-refractivity contribution in [1.29, 1.82) is 0 Å². The Kier molecular flexibility index (Phi) is 2.53. The molecule has 0 unspecified atom stereocenters. The first-order valence-corrected chi connectivity index (χ1v) is 4.46. The van der Waals surface area contributed by atoms with Gasteiger partial charge >= 0.3 is 0 Å². The van der Waals surface area contributed by atoms with Crippen molar-refractivity contribution in [3.8, 4) is 0 Å². The molecule has 1 aliphatic carbocycles. The molecule has 0 spiro atoms. The van der Waals surface area contributed by atoms with E-state index in [2.05, 4.69) is 34.7 Å². The van der Waals surface area contributed by atoms with Crippen LogP contribution in [-0.4, -0.2) is 13.1 Å². The summed E-state index contributed by atoms with van der Waals surface area (Å²) in [6.07, 6.45) is 2.77. The summed E-state index contributed by atoms with van der Waals surface area (Å²) < 4.78 is 1.04. The van der Waals surface area contributed by atoms with Crippen molar-refractivity contribution in [3.63, 3.8) is 0 Å². The summed E-state index contributed by atoms with van der Waals surface area (Å²) in [6, 6.07) is 0. The molecule has 1 nitrogen and oxygen atoms in total. The van der Waals surface area contributed by atoms with Crippen LogP contribution in [0.4, 0.5) is 0 Å². The topological polar surface area (TPSA) is 12.0 Å². The minimum absolute atomic E-state index is 0.614. The molecule has 1 N–H and O–H groups in total. The van der Waals surface area contributed by atoms with Gasteiger partial charge in [0.1, 0.15) is 0 Å². The van der Waals surface area contributed by atoms with Crippen molar-refractivity contribution in [3.05, 3.63) is 11.1 Å². The van der Waals surface area contributed by atoms with Crippen LogP contribution in [0, 0.1) is 5.41 Å². The molecule has 0 bridgehead atoms. The molecule has 0 aromatic rings. The van der Waals surface area contributed by atoms with Gasteiger partial charge in [0, 0.05) is 17.6 Å². The Hall–Kier alpha value is 0.180. The second-order valence-corrected chi connectivity index (χ2v) is 4.55. The van der Waals surface area contributed by atoms with Crippen LogP contribution in [0.5, 0.6) is 0 Å². The third kappa shape index (κ3) is 2.84. The first-order valence-electron chi connectivity index (χ1n) is 3.66. The third-order valence-corrected chi connectivity index (χ3v) is 2.25. The summed E-state index contributed by atoms with van der Waals surface area (Å²) in [5, 5.41) is 3.34. The minimum atomic E-state index is 0.614. The van der Waals surface area contributed by atoms with E-state index in [0.717, 1.165) is 17.6 Å². The third-order valence-electron chi connectivity index (χ3n) is 1.97. The lowest BCUT2D eigenvalue weighted by Crippen LogP contribution is -2.22. The normalized spacial score (nSPS) is 20.6. The summed E-state index contributed by atoms with van der Waals surface area (Å²) in [4.78, 5) is 0. The van der Waals surface area contributed by atoms with Gasteiger partial charge in [0.05, 0.1) is 0 Å². The molecule has 0 amide bonds. The fraction of sp³-hybridized carbons (Fsp3) is 0.750. The lowest BCUT2D eigenvalue weighted by atomic mass is 10.1. The number of rotatable bonds is 4. The second kappa shape index (κ2) is 3.05. The van der Waals surface area contributed by atoms with Gasteiger partial charge in [0.15, 0.2) is 0 Å². The SMILES string of the molecule is C=C(Br)CNCC1(C)CC1. The molecule has 1 fully saturated rings. The molecular formula is C8H14BrN. The van der Waals surface area contributed by atoms with E-state index in [1.165, 1.54) is 12.8 Å². The Labute approximate surface area is 71.0 Å². The highest BCUT2D eigenvalue weighted by Gasteiger charge is 2.36. The molecule has 1 aliphatic rings. The summed E-state index contributed by atoms with van der Waals surface area (Å²) >= 11 is 3.31. The fourth-order valence-electron chi connectivity index (χ4n) is 0.890. The number of hydrogen-bond acceptors (Lipinski definition) is 1. The largest absolute Gasteiger partial charge is 0.312 e. The maximum Gasteiger partial charge on any atom is 0.0265 e. The molecule has 0 aliphatic heterocycles. The van der Waals surface area contributed by atoms with Crippen LogP contribution in [0.2, 0.25) is 0 Å². The summed E-state index contributed by atoms with van der Waals surface area (Å²) in [6.45, 7) is 8.10. The summed E-state index contributed by atoms with van der Waals surface area (Å²) in [5.74, 6) is 0. The maximum atomic E-state index is 3.75. The van der Waals surface area contributed by atoms with Crippen LogP contribution >= 0.6 is 15.9 Å². The number of halogens is 1. The highest BCUT2D eigenvalue weighted by atomic mass is 79.9. The molecular weight excluding hydrogens is 190 g/mol. The zero-order valence-corrected chi connectivity index (χ0v) is 8.00. The lowest BCUT2D eigenvalue weighted by molar-refractivity contribution is 0.517. The molecule has 0 atom stereocenters. The van der Waals surface area contributed by atoms with Crippen LogP contribution < -0.4 is 5.32 Å². The molecule has 10 heavy (non-hydrogen) atoms. The van der Waals surface area contributed by atoms with Crippen molar-refractivity contribution >= 4 is 15.9 Å². The number of nitrogens with one attached hydrogen (secondary N) is 1. The standard InChI is InChI=1S/C8H14BrN/c1-7(9)5-10-6-8(2)3-4-8/h10H,1,3-6H2,2H3. The smallest absolute Gasteiger partial charge is 0.0265 e. The van der Waals surface area contributed by atoms with Crippen LogP contribution in [0.1, 0.15) is 19.8 Å². The Morgan fingerprint density at radius 3 is 2.70 bits per heavy atom. The summed E-state index contributed by atoms with van der Waals surface area (Å²) in [7, 11) is 0. The Morgan fingerprint density at radius 1 is 1.70 bits per heavy atom. The minimum Gasteiger partial charge on any atom is -0.312 e. The fourth-order valence-corrected chi connectivity index (χ4v) is 1.09. The molecule has 0 heterocycles. The predicted octanol–water partition coefficient (Wildman–Crippen LogP) is 2.28. The Bertz CT molecular complexity index is 138. The van der Waals surface area contributed by atoms with Gasteiger partial charge in [-0.05, 0) is 18.3 Å². The van der Waals surface area contributed by atoms with Gasteiger partial charge in [-0.3, -0.25) is 0 Å². The second-order valence-electron chi connectivity index (χ2n) is 3.43. The highest BCUT2D eigenvalue weighted by molar-refractivity contribution is 9.11. The van der Waals surface area contributed by atoms with E-state index in [0.29, 0.717) is 5.41 Å². The average Bonchev–Trinajstić information content (AvgIpc) is 2.47. The van der Waals surface area contributed by atoms with Crippen LogP contribution in [-0.2, 0) is 0 Å². The highest BCUT2D eigenvalue weighted by Crippen LogP contribution is 2.43. The molecule has 1 rings (SSSR count). The van der Waals surface area contributed by atoms with Gasteiger partial charge < -0.3 is 5.32 Å². The van der Waals surface area contributed by atoms with Gasteiger partial charge in [0.2, 0.25) is 0 Å². The molecule has 2 heteroatoms. The van der Waals surface area contributed by atoms with Gasteiger partial charge in [0.25, 0.3) is 0 Å². The van der Waals surface area contributed by atoms with Gasteiger partial charge in [-0.1, -0.05) is 29.4 Å². The average molecular weight is 204 g/mol. The molecule has 0 saturated heterocycles. The van der Waals surface area contributed by atoms with Crippen LogP contribution in [0.25, 0.3) is 0 Å². The first kappa shape index (κ1) is 8.28. The Morgan fingerprint density at radius 2 is 2.30 bits per heavy atom. The van der Waals surface area contributed by atoms with E-state index in [4.69, 9.17) is 0 Å². The molecule has 1 saturated carbocycles. The van der Waals surface area contributed by atoms with Crippen molar-refractivity contribution in [1.82, 2.24) is 5.32 Å². The van der Waals surface area contributed by atoms with E-state index < -0.39 is 0 Å². The predicted molar refractivity (Wildman–Crippen MR) is 48.3 cm³/mol.